The zero-order valence-corrected chi connectivity index (χ0v) is 14.7. The van der Waals surface area contributed by atoms with Crippen LogP contribution in [0.5, 0.6) is 0 Å². The van der Waals surface area contributed by atoms with Crippen molar-refractivity contribution in [3.8, 4) is 0 Å². The molecule has 1 aromatic heterocycles. The Morgan fingerprint density at radius 2 is 2.21 bits per heavy atom. The largest absolute Gasteiger partial charge is 0.325 e. The highest BCUT2D eigenvalue weighted by atomic mass is 35.5. The van der Waals surface area contributed by atoms with Gasteiger partial charge in [-0.3, -0.25) is 9.69 Å². The molecule has 2 aliphatic rings. The number of rotatable bonds is 4. The molecule has 1 aromatic carbocycles. The molecule has 4 rings (SSSR count). The highest BCUT2D eigenvalue weighted by Crippen LogP contribution is 2.48. The molecule has 24 heavy (non-hydrogen) atoms. The molecule has 3 nitrogen and oxygen atoms in total. The Morgan fingerprint density at radius 3 is 2.96 bits per heavy atom. The fourth-order valence-electron chi connectivity index (χ4n) is 3.50. The molecule has 0 bridgehead atoms. The van der Waals surface area contributed by atoms with Gasteiger partial charge in [0.1, 0.15) is 5.82 Å². The third-order valence-corrected chi connectivity index (χ3v) is 6.02. The molecule has 1 N–H and O–H groups in total. The van der Waals surface area contributed by atoms with Crippen LogP contribution in [0.4, 0.5) is 10.1 Å². The monoisotopic (exact) mass is 364 g/mol. The fraction of sp³-hybridized carbons (Fsp3) is 0.389. The summed E-state index contributed by atoms with van der Waals surface area (Å²) in [5.41, 5.74) is 1.94. The van der Waals surface area contributed by atoms with E-state index in [1.165, 1.54) is 41.5 Å². The molecule has 0 saturated heterocycles. The first-order valence-corrected chi connectivity index (χ1v) is 9.43. The molecule has 1 aliphatic heterocycles. The maximum absolute atomic E-state index is 13.2. The molecule has 1 aliphatic carbocycles. The predicted octanol–water partition coefficient (Wildman–Crippen LogP) is 4.49. The molecule has 1 amide bonds. The summed E-state index contributed by atoms with van der Waals surface area (Å²) in [6.07, 6.45) is 3.49. The summed E-state index contributed by atoms with van der Waals surface area (Å²) >= 11 is 7.59. The van der Waals surface area contributed by atoms with E-state index < -0.39 is 5.82 Å². The van der Waals surface area contributed by atoms with Gasteiger partial charge in [0, 0.05) is 23.2 Å². The average molecular weight is 365 g/mol. The number of halogens is 2. The van der Waals surface area contributed by atoms with Gasteiger partial charge in [0.15, 0.2) is 0 Å². The van der Waals surface area contributed by atoms with Crippen molar-refractivity contribution in [2.24, 2.45) is 5.92 Å². The molecule has 2 aromatic rings. The van der Waals surface area contributed by atoms with Crippen molar-refractivity contribution < 1.29 is 9.18 Å². The van der Waals surface area contributed by atoms with E-state index >= 15 is 0 Å². The SMILES string of the molecule is O=C(CN1CCc2sccc2[C@@H]1C1CC1)Nc1ccc(F)c(Cl)c1. The van der Waals surface area contributed by atoms with Crippen LogP contribution in [0.3, 0.4) is 0 Å². The minimum absolute atomic E-state index is 0.0181. The van der Waals surface area contributed by atoms with Crippen molar-refractivity contribution >= 4 is 34.5 Å². The molecule has 1 fully saturated rings. The smallest absolute Gasteiger partial charge is 0.238 e. The predicted molar refractivity (Wildman–Crippen MR) is 95.1 cm³/mol. The number of carbonyl (C=O) groups is 1. The standard InChI is InChI=1S/C18H18ClFN2OS/c19-14-9-12(3-4-15(14)20)21-17(23)10-22-7-5-16-13(6-8-24-16)18(22)11-1-2-11/h3-4,6,8-9,11,18H,1-2,5,7,10H2,(H,21,23)/t18-/m0/s1. The number of hydrogen-bond acceptors (Lipinski definition) is 3. The third-order valence-electron chi connectivity index (χ3n) is 4.74. The Labute approximate surface area is 149 Å². The van der Waals surface area contributed by atoms with Gasteiger partial charge in [-0.2, -0.15) is 0 Å². The summed E-state index contributed by atoms with van der Waals surface area (Å²) in [6.45, 7) is 1.26. The summed E-state index contributed by atoms with van der Waals surface area (Å²) in [7, 11) is 0. The summed E-state index contributed by atoms with van der Waals surface area (Å²) in [5, 5.41) is 5.00. The second-order valence-electron chi connectivity index (χ2n) is 6.48. The molecule has 126 valence electrons. The number of hydrogen-bond donors (Lipinski definition) is 1. The Hall–Kier alpha value is -1.43. The molecule has 0 unspecified atom stereocenters. The highest BCUT2D eigenvalue weighted by Gasteiger charge is 2.40. The molecular weight excluding hydrogens is 347 g/mol. The average Bonchev–Trinajstić information content (AvgIpc) is 3.27. The highest BCUT2D eigenvalue weighted by molar-refractivity contribution is 7.10. The lowest BCUT2D eigenvalue weighted by Gasteiger charge is -2.35. The van der Waals surface area contributed by atoms with Gasteiger partial charge >= 0.3 is 0 Å². The second kappa shape index (κ2) is 6.47. The maximum atomic E-state index is 13.2. The van der Waals surface area contributed by atoms with Gasteiger partial charge in [-0.05, 0) is 60.4 Å². The van der Waals surface area contributed by atoms with E-state index in [-0.39, 0.29) is 10.9 Å². The Morgan fingerprint density at radius 1 is 1.38 bits per heavy atom. The lowest BCUT2D eigenvalue weighted by atomic mass is 9.96. The van der Waals surface area contributed by atoms with E-state index in [0.29, 0.717) is 24.2 Å². The van der Waals surface area contributed by atoms with E-state index in [1.807, 2.05) is 11.3 Å². The zero-order chi connectivity index (χ0) is 16.7. The van der Waals surface area contributed by atoms with Crippen LogP contribution in [0.25, 0.3) is 0 Å². The molecule has 1 saturated carbocycles. The van der Waals surface area contributed by atoms with Crippen LogP contribution in [0.1, 0.15) is 29.3 Å². The summed E-state index contributed by atoms with van der Waals surface area (Å²) in [5.74, 6) is 0.109. The van der Waals surface area contributed by atoms with E-state index in [1.54, 1.807) is 0 Å². The first kappa shape index (κ1) is 16.1. The van der Waals surface area contributed by atoms with Gasteiger partial charge in [-0.15, -0.1) is 11.3 Å². The first-order chi connectivity index (χ1) is 11.6. The van der Waals surface area contributed by atoms with Crippen molar-refractivity contribution in [1.29, 1.82) is 0 Å². The van der Waals surface area contributed by atoms with Crippen LogP contribution in [0.2, 0.25) is 5.02 Å². The van der Waals surface area contributed by atoms with Gasteiger partial charge in [0.25, 0.3) is 0 Å². The fourth-order valence-corrected chi connectivity index (χ4v) is 4.59. The lowest BCUT2D eigenvalue weighted by molar-refractivity contribution is -0.118. The van der Waals surface area contributed by atoms with Crippen LogP contribution >= 0.6 is 22.9 Å². The Bertz CT molecular complexity index is 774. The zero-order valence-electron chi connectivity index (χ0n) is 13.1. The van der Waals surface area contributed by atoms with E-state index in [2.05, 4.69) is 21.7 Å². The van der Waals surface area contributed by atoms with Crippen molar-refractivity contribution in [2.45, 2.75) is 25.3 Å². The number of thiophene rings is 1. The van der Waals surface area contributed by atoms with E-state index in [9.17, 15) is 9.18 Å². The van der Waals surface area contributed by atoms with Crippen molar-refractivity contribution in [1.82, 2.24) is 4.90 Å². The van der Waals surface area contributed by atoms with Crippen LogP contribution in [-0.2, 0) is 11.2 Å². The number of carbonyl (C=O) groups excluding carboxylic acids is 1. The Kier molecular flexibility index (Phi) is 4.33. The van der Waals surface area contributed by atoms with Gasteiger partial charge in [-0.1, -0.05) is 11.6 Å². The lowest BCUT2D eigenvalue weighted by Crippen LogP contribution is -2.41. The third kappa shape index (κ3) is 3.21. The number of amides is 1. The van der Waals surface area contributed by atoms with Gasteiger partial charge in [0.05, 0.1) is 11.6 Å². The number of nitrogens with zero attached hydrogens (tertiary/aromatic N) is 1. The van der Waals surface area contributed by atoms with Crippen LogP contribution < -0.4 is 5.32 Å². The number of fused-ring (bicyclic) bond motifs is 1. The molecule has 2 heterocycles. The Balaban J connectivity index is 1.46. The molecule has 1 atom stereocenters. The molecular formula is C18H18ClFN2OS. The van der Waals surface area contributed by atoms with Crippen LogP contribution in [0, 0.1) is 11.7 Å². The van der Waals surface area contributed by atoms with E-state index in [0.717, 1.165) is 13.0 Å². The van der Waals surface area contributed by atoms with E-state index in [4.69, 9.17) is 11.6 Å². The molecule has 6 heteroatoms. The summed E-state index contributed by atoms with van der Waals surface area (Å²) < 4.78 is 13.2. The van der Waals surface area contributed by atoms with Crippen LogP contribution in [0.15, 0.2) is 29.6 Å². The van der Waals surface area contributed by atoms with Crippen molar-refractivity contribution in [3.05, 3.63) is 50.9 Å². The van der Waals surface area contributed by atoms with Crippen molar-refractivity contribution in [2.75, 3.05) is 18.4 Å². The molecule has 0 radical (unpaired) electrons. The first-order valence-electron chi connectivity index (χ1n) is 8.17. The van der Waals surface area contributed by atoms with Gasteiger partial charge in [-0.25, -0.2) is 4.39 Å². The number of benzene rings is 1. The second-order valence-corrected chi connectivity index (χ2v) is 7.89. The topological polar surface area (TPSA) is 32.3 Å². The number of nitrogens with one attached hydrogen (secondary N) is 1. The summed E-state index contributed by atoms with van der Waals surface area (Å²) in [6, 6.07) is 6.82. The normalized spacial score (nSPS) is 20.7. The minimum Gasteiger partial charge on any atom is -0.325 e. The van der Waals surface area contributed by atoms with Gasteiger partial charge in [0.2, 0.25) is 5.91 Å². The van der Waals surface area contributed by atoms with Crippen LogP contribution in [-0.4, -0.2) is 23.9 Å². The minimum atomic E-state index is -0.482. The number of anilines is 1. The summed E-state index contributed by atoms with van der Waals surface area (Å²) in [4.78, 5) is 16.2. The molecule has 0 spiro atoms. The quantitative estimate of drug-likeness (QED) is 0.867. The van der Waals surface area contributed by atoms with Crippen molar-refractivity contribution in [3.63, 3.8) is 0 Å². The van der Waals surface area contributed by atoms with Gasteiger partial charge < -0.3 is 5.32 Å². The maximum Gasteiger partial charge on any atom is 0.238 e.